The van der Waals surface area contributed by atoms with Crippen molar-refractivity contribution in [3.8, 4) is 0 Å². The molecule has 1 aliphatic carbocycles. The van der Waals surface area contributed by atoms with E-state index in [4.69, 9.17) is 16.3 Å². The third-order valence-corrected chi connectivity index (χ3v) is 3.76. The number of likely N-dealkylation sites (N-methyl/N-ethyl adjacent to an activating group) is 1. The van der Waals surface area contributed by atoms with Gasteiger partial charge in [-0.2, -0.15) is 0 Å². The second kappa shape index (κ2) is 7.25. The fourth-order valence-electron chi connectivity index (χ4n) is 2.18. The molecule has 0 bridgehead atoms. The number of nitrogens with one attached hydrogen (secondary N) is 1. The van der Waals surface area contributed by atoms with E-state index in [1.54, 1.807) is 7.11 Å². The summed E-state index contributed by atoms with van der Waals surface area (Å²) >= 11 is 6.02. The zero-order valence-electron chi connectivity index (χ0n) is 11.7. The molecule has 1 N–H and O–H groups in total. The number of benzene rings is 1. The highest BCUT2D eigenvalue weighted by Gasteiger charge is 2.23. The SMILES string of the molecule is COCC(CNC1CC1)N(C)Cc1cccc(Cl)c1. The van der Waals surface area contributed by atoms with Gasteiger partial charge in [0.05, 0.1) is 6.61 Å². The van der Waals surface area contributed by atoms with E-state index >= 15 is 0 Å². The highest BCUT2D eigenvalue weighted by atomic mass is 35.5. The Morgan fingerprint density at radius 1 is 1.47 bits per heavy atom. The fraction of sp³-hybridized carbons (Fsp3) is 0.600. The minimum Gasteiger partial charge on any atom is -0.383 e. The van der Waals surface area contributed by atoms with E-state index in [0.717, 1.165) is 30.8 Å². The summed E-state index contributed by atoms with van der Waals surface area (Å²) in [6.07, 6.45) is 2.63. The van der Waals surface area contributed by atoms with Crippen molar-refractivity contribution < 1.29 is 4.74 Å². The summed E-state index contributed by atoms with van der Waals surface area (Å²) in [5.74, 6) is 0. The zero-order chi connectivity index (χ0) is 13.7. The quantitative estimate of drug-likeness (QED) is 0.793. The van der Waals surface area contributed by atoms with Gasteiger partial charge in [0.15, 0.2) is 0 Å². The normalized spacial score (nSPS) is 16.8. The van der Waals surface area contributed by atoms with Crippen LogP contribution in [0.2, 0.25) is 5.02 Å². The fourth-order valence-corrected chi connectivity index (χ4v) is 2.39. The lowest BCUT2D eigenvalue weighted by atomic mass is 10.2. The van der Waals surface area contributed by atoms with Crippen LogP contribution in [0.5, 0.6) is 0 Å². The standard InChI is InChI=1S/C15H23ClN2O/c1-18(10-12-4-3-5-13(16)8-12)15(11-19-2)9-17-14-6-7-14/h3-5,8,14-15,17H,6-7,9-11H2,1-2H3. The summed E-state index contributed by atoms with van der Waals surface area (Å²) in [4.78, 5) is 2.32. The Balaban J connectivity index is 1.87. The van der Waals surface area contributed by atoms with Crippen LogP contribution in [0.3, 0.4) is 0 Å². The van der Waals surface area contributed by atoms with Crippen LogP contribution < -0.4 is 5.32 Å². The van der Waals surface area contributed by atoms with E-state index in [0.29, 0.717) is 6.04 Å². The Kier molecular flexibility index (Phi) is 5.64. The Labute approximate surface area is 120 Å². The maximum atomic E-state index is 6.02. The molecule has 19 heavy (non-hydrogen) atoms. The molecular formula is C15H23ClN2O. The molecule has 0 radical (unpaired) electrons. The van der Waals surface area contributed by atoms with E-state index in [2.05, 4.69) is 23.3 Å². The molecule has 0 aromatic heterocycles. The molecule has 1 unspecified atom stereocenters. The molecule has 0 aliphatic heterocycles. The maximum absolute atomic E-state index is 6.02. The average Bonchev–Trinajstić information content (AvgIpc) is 3.18. The van der Waals surface area contributed by atoms with Gasteiger partial charge in [-0.05, 0) is 37.6 Å². The van der Waals surface area contributed by atoms with E-state index in [1.807, 2.05) is 18.2 Å². The molecular weight excluding hydrogens is 260 g/mol. The van der Waals surface area contributed by atoms with E-state index < -0.39 is 0 Å². The molecule has 1 aromatic carbocycles. The van der Waals surface area contributed by atoms with Crippen molar-refractivity contribution in [2.45, 2.75) is 31.5 Å². The maximum Gasteiger partial charge on any atom is 0.0630 e. The predicted molar refractivity (Wildman–Crippen MR) is 79.6 cm³/mol. The van der Waals surface area contributed by atoms with Crippen LogP contribution in [0, 0.1) is 0 Å². The van der Waals surface area contributed by atoms with Crippen LogP contribution in [-0.2, 0) is 11.3 Å². The topological polar surface area (TPSA) is 24.5 Å². The number of nitrogens with zero attached hydrogens (tertiary/aromatic N) is 1. The van der Waals surface area contributed by atoms with Crippen molar-refractivity contribution in [1.82, 2.24) is 10.2 Å². The second-order valence-electron chi connectivity index (χ2n) is 5.34. The van der Waals surface area contributed by atoms with Crippen LogP contribution in [0.4, 0.5) is 0 Å². The number of hydrogen-bond donors (Lipinski definition) is 1. The summed E-state index contributed by atoms with van der Waals surface area (Å²) < 4.78 is 5.33. The lowest BCUT2D eigenvalue weighted by Crippen LogP contribution is -2.43. The number of hydrogen-bond acceptors (Lipinski definition) is 3. The van der Waals surface area contributed by atoms with Crippen molar-refractivity contribution in [1.29, 1.82) is 0 Å². The van der Waals surface area contributed by atoms with Gasteiger partial charge in [-0.15, -0.1) is 0 Å². The van der Waals surface area contributed by atoms with Crippen molar-refractivity contribution in [2.24, 2.45) is 0 Å². The third-order valence-electron chi connectivity index (χ3n) is 3.52. The monoisotopic (exact) mass is 282 g/mol. The van der Waals surface area contributed by atoms with Crippen molar-refractivity contribution in [3.63, 3.8) is 0 Å². The molecule has 1 aliphatic rings. The van der Waals surface area contributed by atoms with Gasteiger partial charge < -0.3 is 10.1 Å². The van der Waals surface area contributed by atoms with Crippen molar-refractivity contribution >= 4 is 11.6 Å². The van der Waals surface area contributed by atoms with Gasteiger partial charge in [0.1, 0.15) is 0 Å². The van der Waals surface area contributed by atoms with Gasteiger partial charge in [-0.1, -0.05) is 23.7 Å². The van der Waals surface area contributed by atoms with Crippen LogP contribution in [0.1, 0.15) is 18.4 Å². The molecule has 1 aromatic rings. The summed E-state index contributed by atoms with van der Waals surface area (Å²) in [6, 6.07) is 9.17. The first-order valence-corrected chi connectivity index (χ1v) is 7.24. The molecule has 3 nitrogen and oxygen atoms in total. The summed E-state index contributed by atoms with van der Waals surface area (Å²) in [5, 5.41) is 4.37. The lowest BCUT2D eigenvalue weighted by Gasteiger charge is -2.28. The highest BCUT2D eigenvalue weighted by molar-refractivity contribution is 6.30. The first-order chi connectivity index (χ1) is 9.19. The predicted octanol–water partition coefficient (Wildman–Crippen LogP) is 2.54. The van der Waals surface area contributed by atoms with Gasteiger partial charge in [0.2, 0.25) is 0 Å². The molecule has 0 spiro atoms. The Morgan fingerprint density at radius 2 is 2.26 bits per heavy atom. The zero-order valence-corrected chi connectivity index (χ0v) is 12.5. The van der Waals surface area contributed by atoms with Crippen molar-refractivity contribution in [3.05, 3.63) is 34.9 Å². The lowest BCUT2D eigenvalue weighted by molar-refractivity contribution is 0.101. The minimum atomic E-state index is 0.393. The van der Waals surface area contributed by atoms with E-state index in [-0.39, 0.29) is 0 Å². The average molecular weight is 283 g/mol. The molecule has 1 saturated carbocycles. The summed E-state index contributed by atoms with van der Waals surface area (Å²) in [6.45, 7) is 2.62. The summed E-state index contributed by atoms with van der Waals surface area (Å²) in [5.41, 5.74) is 1.24. The molecule has 1 atom stereocenters. The van der Waals surface area contributed by atoms with Gasteiger partial charge >= 0.3 is 0 Å². The van der Waals surface area contributed by atoms with Gasteiger partial charge in [-0.25, -0.2) is 0 Å². The van der Waals surface area contributed by atoms with Crippen LogP contribution in [0.25, 0.3) is 0 Å². The van der Waals surface area contributed by atoms with Gasteiger partial charge in [0.25, 0.3) is 0 Å². The van der Waals surface area contributed by atoms with Crippen LogP contribution in [0.15, 0.2) is 24.3 Å². The van der Waals surface area contributed by atoms with Crippen LogP contribution >= 0.6 is 11.6 Å². The molecule has 106 valence electrons. The Bertz CT molecular complexity index is 395. The molecule has 0 heterocycles. The van der Waals surface area contributed by atoms with Gasteiger partial charge in [0, 0.05) is 37.3 Å². The number of methoxy groups -OCH3 is 1. The first kappa shape index (κ1) is 14.8. The van der Waals surface area contributed by atoms with E-state index in [1.165, 1.54) is 18.4 Å². The number of ether oxygens (including phenoxy) is 1. The minimum absolute atomic E-state index is 0.393. The number of rotatable bonds is 8. The second-order valence-corrected chi connectivity index (χ2v) is 5.77. The number of halogens is 1. The molecule has 0 saturated heterocycles. The molecule has 0 amide bonds. The molecule has 4 heteroatoms. The van der Waals surface area contributed by atoms with Crippen molar-refractivity contribution in [2.75, 3.05) is 27.3 Å². The van der Waals surface area contributed by atoms with Crippen LogP contribution in [-0.4, -0.2) is 44.3 Å². The Morgan fingerprint density at radius 3 is 2.89 bits per heavy atom. The molecule has 1 fully saturated rings. The Hall–Kier alpha value is -0.610. The largest absolute Gasteiger partial charge is 0.383 e. The smallest absolute Gasteiger partial charge is 0.0630 e. The first-order valence-electron chi connectivity index (χ1n) is 6.86. The highest BCUT2D eigenvalue weighted by Crippen LogP contribution is 2.19. The van der Waals surface area contributed by atoms with E-state index in [9.17, 15) is 0 Å². The summed E-state index contributed by atoms with van der Waals surface area (Å²) in [7, 11) is 3.90. The van der Waals surface area contributed by atoms with Gasteiger partial charge in [-0.3, -0.25) is 4.90 Å². The molecule has 2 rings (SSSR count). The third kappa shape index (κ3) is 5.11.